The van der Waals surface area contributed by atoms with E-state index in [0.29, 0.717) is 23.5 Å². The summed E-state index contributed by atoms with van der Waals surface area (Å²) in [5, 5.41) is 9.50. The van der Waals surface area contributed by atoms with Crippen LogP contribution in [-0.2, 0) is 13.6 Å². The van der Waals surface area contributed by atoms with Gasteiger partial charge in [-0.2, -0.15) is 4.98 Å². The first-order valence-corrected chi connectivity index (χ1v) is 7.93. The third-order valence-electron chi connectivity index (χ3n) is 4.45. The maximum Gasteiger partial charge on any atom is 0.332 e. The largest absolute Gasteiger partial charge is 0.508 e. The van der Waals surface area contributed by atoms with Gasteiger partial charge >= 0.3 is 5.69 Å². The van der Waals surface area contributed by atoms with E-state index in [1.807, 2.05) is 17.7 Å². The lowest BCUT2D eigenvalue weighted by Gasteiger charge is -2.06. The first-order valence-electron chi connectivity index (χ1n) is 7.93. The van der Waals surface area contributed by atoms with Crippen LogP contribution in [0.15, 0.2) is 40.1 Å². The van der Waals surface area contributed by atoms with Crippen LogP contribution in [-0.4, -0.2) is 28.2 Å². The number of aromatic hydroxyl groups is 1. The van der Waals surface area contributed by atoms with Crippen LogP contribution in [0.3, 0.4) is 0 Å². The Balaban J connectivity index is 2.17. The van der Waals surface area contributed by atoms with Gasteiger partial charge in [-0.3, -0.25) is 22.9 Å². The third-order valence-corrected chi connectivity index (χ3v) is 4.45. The molecular weight excluding hydrogens is 322 g/mol. The van der Waals surface area contributed by atoms with Crippen molar-refractivity contribution in [2.24, 2.45) is 7.05 Å². The molecule has 0 saturated carbocycles. The van der Waals surface area contributed by atoms with Gasteiger partial charge in [0.1, 0.15) is 5.75 Å². The molecule has 128 valence electrons. The summed E-state index contributed by atoms with van der Waals surface area (Å²) in [6.45, 7) is 3.97. The van der Waals surface area contributed by atoms with E-state index in [9.17, 15) is 14.7 Å². The maximum atomic E-state index is 12.8. The van der Waals surface area contributed by atoms with E-state index in [1.54, 1.807) is 42.6 Å². The van der Waals surface area contributed by atoms with E-state index in [2.05, 4.69) is 4.98 Å². The highest BCUT2D eigenvalue weighted by atomic mass is 16.3. The minimum absolute atomic E-state index is 0.173. The van der Waals surface area contributed by atoms with Crippen molar-refractivity contribution in [3.63, 3.8) is 0 Å². The molecule has 0 fully saturated rings. The van der Waals surface area contributed by atoms with Crippen LogP contribution >= 0.6 is 0 Å². The Morgan fingerprint density at radius 3 is 2.48 bits per heavy atom. The number of phenolic OH excluding ortho intramolecular Hbond substituents is 1. The summed E-state index contributed by atoms with van der Waals surface area (Å²) >= 11 is 0. The molecule has 0 saturated heterocycles. The Bertz CT molecular complexity index is 1240. The molecule has 0 bridgehead atoms. The first-order chi connectivity index (χ1) is 11.9. The Hall–Kier alpha value is -3.29. The van der Waals surface area contributed by atoms with E-state index >= 15 is 0 Å². The number of rotatable bonds is 2. The number of aryl methyl sites for hydroxylation is 2. The van der Waals surface area contributed by atoms with Crippen LogP contribution in [0.5, 0.6) is 5.75 Å². The van der Waals surface area contributed by atoms with Gasteiger partial charge in [-0.05, 0) is 38.1 Å². The van der Waals surface area contributed by atoms with Crippen molar-refractivity contribution in [1.29, 1.82) is 0 Å². The molecule has 0 unspecified atom stereocenters. The average molecular weight is 339 g/mol. The molecule has 0 aliphatic rings. The Morgan fingerprint density at radius 2 is 1.84 bits per heavy atom. The molecule has 8 heteroatoms. The third kappa shape index (κ3) is 1.97. The Labute approximate surface area is 141 Å². The highest BCUT2D eigenvalue weighted by Gasteiger charge is 2.20. The smallest absolute Gasteiger partial charge is 0.332 e. The minimum atomic E-state index is -0.381. The molecule has 1 N–H and O–H groups in total. The van der Waals surface area contributed by atoms with E-state index in [1.165, 1.54) is 9.13 Å². The zero-order valence-corrected chi connectivity index (χ0v) is 14.1. The van der Waals surface area contributed by atoms with Crippen molar-refractivity contribution < 1.29 is 5.11 Å². The predicted molar refractivity (Wildman–Crippen MR) is 93.6 cm³/mol. The molecule has 3 heterocycles. The summed E-state index contributed by atoms with van der Waals surface area (Å²) in [6, 6.07) is 6.72. The Morgan fingerprint density at radius 1 is 1.16 bits per heavy atom. The van der Waals surface area contributed by atoms with Gasteiger partial charge in [-0.15, -0.1) is 0 Å². The molecule has 3 aromatic heterocycles. The lowest BCUT2D eigenvalue weighted by Crippen LogP contribution is -2.38. The van der Waals surface area contributed by atoms with Gasteiger partial charge in [-0.1, -0.05) is 0 Å². The molecular formula is C17H17N5O3. The number of fused-ring (bicyclic) bond motifs is 3. The fourth-order valence-corrected chi connectivity index (χ4v) is 3.21. The highest BCUT2D eigenvalue weighted by Crippen LogP contribution is 2.22. The van der Waals surface area contributed by atoms with Gasteiger partial charge in [-0.25, -0.2) is 4.79 Å². The Kier molecular flexibility index (Phi) is 3.11. The molecule has 0 spiro atoms. The van der Waals surface area contributed by atoms with Crippen molar-refractivity contribution in [1.82, 2.24) is 23.1 Å². The molecule has 8 nitrogen and oxygen atoms in total. The number of aromatic nitrogens is 5. The van der Waals surface area contributed by atoms with E-state index < -0.39 is 0 Å². The van der Waals surface area contributed by atoms with Crippen molar-refractivity contribution in [3.8, 4) is 11.4 Å². The summed E-state index contributed by atoms with van der Waals surface area (Å²) in [5.74, 6) is 0.713. The molecule has 25 heavy (non-hydrogen) atoms. The van der Waals surface area contributed by atoms with Crippen molar-refractivity contribution in [2.45, 2.75) is 20.4 Å². The molecule has 0 radical (unpaired) electrons. The predicted octanol–water partition coefficient (Wildman–Crippen LogP) is 1.17. The quantitative estimate of drug-likeness (QED) is 0.594. The fraction of sp³-hybridized carbons (Fsp3) is 0.235. The summed E-state index contributed by atoms with van der Waals surface area (Å²) < 4.78 is 6.18. The van der Waals surface area contributed by atoms with Crippen molar-refractivity contribution >= 4 is 16.9 Å². The molecule has 0 amide bonds. The van der Waals surface area contributed by atoms with E-state index in [-0.39, 0.29) is 17.0 Å². The lowest BCUT2D eigenvalue weighted by atomic mass is 10.3. The molecule has 0 aliphatic heterocycles. The SMILES string of the molecule is CCn1c(=O)c2c(nc3n(-c4ccc(O)cc4)c(C)cn23)n(C)c1=O. The van der Waals surface area contributed by atoms with Crippen molar-refractivity contribution in [3.05, 3.63) is 57.0 Å². The molecule has 4 aromatic rings. The summed E-state index contributed by atoms with van der Waals surface area (Å²) in [4.78, 5) is 29.6. The zero-order chi connectivity index (χ0) is 17.9. The number of imidazole rings is 2. The van der Waals surface area contributed by atoms with Gasteiger partial charge in [0, 0.05) is 31.2 Å². The number of hydrogen-bond acceptors (Lipinski definition) is 4. The van der Waals surface area contributed by atoms with Crippen LogP contribution in [0.2, 0.25) is 0 Å². The first kappa shape index (κ1) is 15.3. The fourth-order valence-electron chi connectivity index (χ4n) is 3.21. The topological polar surface area (TPSA) is 86.5 Å². The molecule has 0 aliphatic carbocycles. The van der Waals surface area contributed by atoms with Crippen LogP contribution in [0.25, 0.3) is 22.6 Å². The monoisotopic (exact) mass is 339 g/mol. The van der Waals surface area contributed by atoms with E-state index in [0.717, 1.165) is 11.4 Å². The van der Waals surface area contributed by atoms with Gasteiger partial charge in [0.2, 0.25) is 5.78 Å². The van der Waals surface area contributed by atoms with Crippen LogP contribution in [0.4, 0.5) is 0 Å². The highest BCUT2D eigenvalue weighted by molar-refractivity contribution is 5.76. The maximum absolute atomic E-state index is 12.8. The summed E-state index contributed by atoms with van der Waals surface area (Å²) in [7, 11) is 1.61. The minimum Gasteiger partial charge on any atom is -0.508 e. The van der Waals surface area contributed by atoms with Gasteiger partial charge < -0.3 is 5.11 Å². The van der Waals surface area contributed by atoms with Gasteiger partial charge in [0.25, 0.3) is 5.56 Å². The number of phenols is 1. The molecule has 1 aromatic carbocycles. The number of benzene rings is 1. The molecule has 0 atom stereocenters. The van der Waals surface area contributed by atoms with Crippen molar-refractivity contribution in [2.75, 3.05) is 0 Å². The normalized spacial score (nSPS) is 11.6. The number of hydrogen-bond donors (Lipinski definition) is 1. The van der Waals surface area contributed by atoms with Crippen LogP contribution in [0.1, 0.15) is 12.6 Å². The summed E-state index contributed by atoms with van der Waals surface area (Å²) in [5.41, 5.74) is 1.68. The standard InChI is InChI=1S/C17H17N5O3/c1-4-20-15(24)13-14(19(3)17(20)25)18-16-21(13)9-10(2)22(16)11-5-7-12(23)8-6-11/h5-9,23H,4H2,1-3H3. The van der Waals surface area contributed by atoms with Crippen LogP contribution in [0, 0.1) is 6.92 Å². The average Bonchev–Trinajstić information content (AvgIpc) is 3.09. The summed E-state index contributed by atoms with van der Waals surface area (Å²) in [6.07, 6.45) is 1.82. The second-order valence-corrected chi connectivity index (χ2v) is 5.97. The second kappa shape index (κ2) is 5.10. The lowest BCUT2D eigenvalue weighted by molar-refractivity contribution is 0.475. The van der Waals surface area contributed by atoms with E-state index in [4.69, 9.17) is 0 Å². The zero-order valence-electron chi connectivity index (χ0n) is 14.1. The number of nitrogens with zero attached hydrogens (tertiary/aromatic N) is 5. The molecule has 4 rings (SSSR count). The van der Waals surface area contributed by atoms with Gasteiger partial charge in [0.15, 0.2) is 11.2 Å². The van der Waals surface area contributed by atoms with Gasteiger partial charge in [0.05, 0.1) is 0 Å². The van der Waals surface area contributed by atoms with Crippen LogP contribution < -0.4 is 11.2 Å². The second-order valence-electron chi connectivity index (χ2n) is 5.97.